The molecule has 2 N–H and O–H groups in total. The highest BCUT2D eigenvalue weighted by atomic mass is 79.9. The molecule has 4 nitrogen and oxygen atoms in total. The lowest BCUT2D eigenvalue weighted by molar-refractivity contribution is 0.672. The SMILES string of the molecule is C=N/C(=N\C(N)=CC1CC=CC(Br)=CC1)c1ccncc1.CC.CCC. The number of rotatable bonds is 3. The molecular weight excluding hydrogens is 388 g/mol. The van der Waals surface area contributed by atoms with Crippen molar-refractivity contribution in [3.8, 4) is 0 Å². The number of hydrogen-bond donors (Lipinski definition) is 1. The van der Waals surface area contributed by atoms with Crippen LogP contribution in [0.3, 0.4) is 0 Å². The zero-order valence-corrected chi connectivity index (χ0v) is 17.9. The number of aliphatic imine (C=N–C) groups is 2. The Kier molecular flexibility index (Phi) is 14.1. The zero-order valence-electron chi connectivity index (χ0n) is 16.3. The fourth-order valence-electron chi connectivity index (χ4n) is 2.01. The van der Waals surface area contributed by atoms with E-state index in [9.17, 15) is 0 Å². The van der Waals surface area contributed by atoms with Crippen molar-refractivity contribution in [3.05, 3.63) is 64.7 Å². The summed E-state index contributed by atoms with van der Waals surface area (Å²) in [5.74, 6) is 1.30. The van der Waals surface area contributed by atoms with Gasteiger partial charge in [-0.2, -0.15) is 0 Å². The highest BCUT2D eigenvalue weighted by Crippen LogP contribution is 2.22. The van der Waals surface area contributed by atoms with Gasteiger partial charge >= 0.3 is 0 Å². The largest absolute Gasteiger partial charge is 0.384 e. The van der Waals surface area contributed by atoms with Crippen LogP contribution in [0.25, 0.3) is 0 Å². The summed E-state index contributed by atoms with van der Waals surface area (Å²) in [7, 11) is 0. The zero-order chi connectivity index (χ0) is 19.8. The number of allylic oxidation sites excluding steroid dienone is 5. The van der Waals surface area contributed by atoms with Crippen LogP contribution in [0.5, 0.6) is 0 Å². The van der Waals surface area contributed by atoms with Crippen LogP contribution in [0.15, 0.2) is 69.1 Å². The molecule has 0 saturated heterocycles. The number of hydrogen-bond acceptors (Lipinski definition) is 3. The maximum Gasteiger partial charge on any atom is 0.160 e. The summed E-state index contributed by atoms with van der Waals surface area (Å²) >= 11 is 3.48. The van der Waals surface area contributed by atoms with Gasteiger partial charge in [0.1, 0.15) is 5.82 Å². The third-order valence-corrected chi connectivity index (χ3v) is 3.65. The highest BCUT2D eigenvalue weighted by Gasteiger charge is 2.07. The molecular formula is C21H31BrN4. The number of nitrogens with zero attached hydrogens (tertiary/aromatic N) is 3. The molecule has 2 rings (SSSR count). The Morgan fingerprint density at radius 3 is 2.50 bits per heavy atom. The number of nitrogens with two attached hydrogens (primary N) is 1. The summed E-state index contributed by atoms with van der Waals surface area (Å²) in [5, 5.41) is 0. The van der Waals surface area contributed by atoms with Gasteiger partial charge < -0.3 is 5.73 Å². The fourth-order valence-corrected chi connectivity index (χ4v) is 2.39. The number of halogens is 1. The minimum absolute atomic E-state index is 0.337. The van der Waals surface area contributed by atoms with Crippen molar-refractivity contribution in [1.82, 2.24) is 4.98 Å². The second-order valence-electron chi connectivity index (χ2n) is 5.35. The molecule has 0 aliphatic heterocycles. The Morgan fingerprint density at radius 1 is 1.31 bits per heavy atom. The maximum absolute atomic E-state index is 6.02. The summed E-state index contributed by atoms with van der Waals surface area (Å²) < 4.78 is 1.10. The third-order valence-electron chi connectivity index (χ3n) is 3.06. The molecule has 1 aliphatic carbocycles. The van der Waals surface area contributed by atoms with Gasteiger partial charge in [0.25, 0.3) is 0 Å². The van der Waals surface area contributed by atoms with E-state index in [1.165, 1.54) is 6.42 Å². The Bertz CT molecular complexity index is 631. The number of amidine groups is 1. The van der Waals surface area contributed by atoms with Gasteiger partial charge in [-0.15, -0.1) is 0 Å². The molecule has 26 heavy (non-hydrogen) atoms. The molecule has 0 fully saturated rings. The lowest BCUT2D eigenvalue weighted by Crippen LogP contribution is -2.05. The minimum Gasteiger partial charge on any atom is -0.384 e. The predicted molar refractivity (Wildman–Crippen MR) is 119 cm³/mol. The van der Waals surface area contributed by atoms with E-state index in [1.54, 1.807) is 12.4 Å². The average molecular weight is 419 g/mol. The Morgan fingerprint density at radius 2 is 1.92 bits per heavy atom. The third kappa shape index (κ3) is 10.1. The van der Waals surface area contributed by atoms with Crippen molar-refractivity contribution in [2.75, 3.05) is 0 Å². The van der Waals surface area contributed by atoms with Crippen LogP contribution in [-0.2, 0) is 0 Å². The van der Waals surface area contributed by atoms with Crippen molar-refractivity contribution < 1.29 is 0 Å². The molecule has 1 unspecified atom stereocenters. The van der Waals surface area contributed by atoms with Crippen LogP contribution in [0, 0.1) is 5.92 Å². The molecule has 1 heterocycles. The summed E-state index contributed by atoms with van der Waals surface area (Å²) in [5.41, 5.74) is 6.86. The van der Waals surface area contributed by atoms with Crippen molar-refractivity contribution >= 4 is 28.5 Å². The monoisotopic (exact) mass is 418 g/mol. The van der Waals surface area contributed by atoms with E-state index in [0.717, 1.165) is 22.9 Å². The molecule has 1 atom stereocenters. The first-order chi connectivity index (χ1) is 12.6. The average Bonchev–Trinajstić information content (AvgIpc) is 2.87. The lowest BCUT2D eigenvalue weighted by atomic mass is 10.0. The first kappa shape index (κ1) is 24.0. The molecule has 5 heteroatoms. The second kappa shape index (κ2) is 15.3. The van der Waals surface area contributed by atoms with Gasteiger partial charge in [0.15, 0.2) is 5.84 Å². The van der Waals surface area contributed by atoms with Gasteiger partial charge in [0.05, 0.1) is 0 Å². The van der Waals surface area contributed by atoms with E-state index < -0.39 is 0 Å². The van der Waals surface area contributed by atoms with Crippen LogP contribution in [0.4, 0.5) is 0 Å². The van der Waals surface area contributed by atoms with Crippen molar-refractivity contribution in [2.45, 2.75) is 47.0 Å². The summed E-state index contributed by atoms with van der Waals surface area (Å²) in [4.78, 5) is 12.3. The van der Waals surface area contributed by atoms with Crippen LogP contribution < -0.4 is 5.73 Å². The number of pyridine rings is 1. The van der Waals surface area contributed by atoms with Gasteiger partial charge in [-0.1, -0.05) is 68.3 Å². The van der Waals surface area contributed by atoms with Crippen molar-refractivity contribution in [2.24, 2.45) is 21.6 Å². The van der Waals surface area contributed by atoms with Crippen LogP contribution in [0.2, 0.25) is 0 Å². The molecule has 0 spiro atoms. The molecule has 1 aromatic rings. The molecule has 0 bridgehead atoms. The standard InChI is InChI=1S/C16H17BrN4.C3H8.C2H6/c1-19-16(13-7-9-20-10-8-13)21-15(18)11-12-3-2-4-14(17)6-5-12;1-3-2;1-2/h2,4,6-12H,1,3,5,18H2;3H2,1-2H3;1-2H3/b15-11?,21-16-;;. The van der Waals surface area contributed by atoms with Gasteiger partial charge in [-0.3, -0.25) is 4.98 Å². The van der Waals surface area contributed by atoms with E-state index in [0.29, 0.717) is 17.6 Å². The smallest absolute Gasteiger partial charge is 0.160 e. The van der Waals surface area contributed by atoms with E-state index in [-0.39, 0.29) is 0 Å². The Balaban J connectivity index is 0.00000113. The van der Waals surface area contributed by atoms with Crippen molar-refractivity contribution in [1.29, 1.82) is 0 Å². The van der Waals surface area contributed by atoms with Gasteiger partial charge in [-0.05, 0) is 43.7 Å². The van der Waals surface area contributed by atoms with E-state index in [2.05, 4.69) is 69.7 Å². The minimum atomic E-state index is 0.337. The summed E-state index contributed by atoms with van der Waals surface area (Å²) in [6, 6.07) is 3.66. The fraction of sp³-hybridized carbons (Fsp3) is 0.381. The quantitative estimate of drug-likeness (QED) is 0.481. The molecule has 142 valence electrons. The van der Waals surface area contributed by atoms with E-state index >= 15 is 0 Å². The number of aromatic nitrogens is 1. The van der Waals surface area contributed by atoms with Crippen LogP contribution in [0.1, 0.15) is 52.5 Å². The molecule has 0 saturated carbocycles. The van der Waals surface area contributed by atoms with Gasteiger partial charge in [-0.25, -0.2) is 9.98 Å². The van der Waals surface area contributed by atoms with E-state index in [1.807, 2.05) is 32.1 Å². The van der Waals surface area contributed by atoms with Crippen LogP contribution >= 0.6 is 15.9 Å². The lowest BCUT2D eigenvalue weighted by Gasteiger charge is -2.07. The predicted octanol–water partition coefficient (Wildman–Crippen LogP) is 6.02. The van der Waals surface area contributed by atoms with Crippen LogP contribution in [-0.4, -0.2) is 17.5 Å². The van der Waals surface area contributed by atoms with Gasteiger partial charge in [0, 0.05) is 22.4 Å². The summed E-state index contributed by atoms with van der Waals surface area (Å²) in [6.07, 6.45) is 14.8. The maximum atomic E-state index is 6.02. The first-order valence-corrected chi connectivity index (χ1v) is 9.85. The molecule has 0 radical (unpaired) electrons. The first-order valence-electron chi connectivity index (χ1n) is 9.06. The molecule has 0 amide bonds. The van der Waals surface area contributed by atoms with Gasteiger partial charge in [0.2, 0.25) is 0 Å². The Hall–Kier alpha value is -2.01. The molecule has 0 aromatic carbocycles. The normalized spacial score (nSPS) is 17.0. The topological polar surface area (TPSA) is 63.6 Å². The highest BCUT2D eigenvalue weighted by molar-refractivity contribution is 9.11. The second-order valence-corrected chi connectivity index (χ2v) is 6.27. The summed E-state index contributed by atoms with van der Waals surface area (Å²) in [6.45, 7) is 11.8. The van der Waals surface area contributed by atoms with Crippen molar-refractivity contribution in [3.63, 3.8) is 0 Å². The Labute approximate surface area is 166 Å². The molecule has 1 aliphatic rings. The molecule has 1 aromatic heterocycles. The van der Waals surface area contributed by atoms with E-state index in [4.69, 9.17) is 5.73 Å².